The van der Waals surface area contributed by atoms with Crippen LogP contribution in [0.2, 0.25) is 0 Å². The van der Waals surface area contributed by atoms with Gasteiger partial charge in [0, 0.05) is 31.4 Å². The minimum atomic E-state index is -0.220. The van der Waals surface area contributed by atoms with E-state index in [1.807, 2.05) is 32.0 Å². The molecular formula is C22H25N7OS. The molecule has 3 aromatic heterocycles. The first kappa shape index (κ1) is 19.7. The first-order valence-electron chi connectivity index (χ1n) is 10.7. The number of amides is 1. The van der Waals surface area contributed by atoms with Crippen LogP contribution in [0.3, 0.4) is 0 Å². The van der Waals surface area contributed by atoms with Gasteiger partial charge >= 0.3 is 0 Å². The fourth-order valence-corrected chi connectivity index (χ4v) is 4.96. The van der Waals surface area contributed by atoms with E-state index in [9.17, 15) is 4.79 Å². The molecule has 1 aromatic carbocycles. The summed E-state index contributed by atoms with van der Waals surface area (Å²) >= 11 is 1.57. The molecule has 1 aliphatic rings. The fraction of sp³-hybridized carbons (Fsp3) is 0.364. The molecule has 0 bridgehead atoms. The second-order valence-corrected chi connectivity index (χ2v) is 8.73. The second kappa shape index (κ2) is 8.14. The van der Waals surface area contributed by atoms with Crippen molar-refractivity contribution in [3.63, 3.8) is 0 Å². The SMILES string of the molecule is CCn1nccc1C(=O)Nc1c(-c2cccc(C)c2)nc2sc(N3CCCCC3)nn12. The lowest BCUT2D eigenvalue weighted by molar-refractivity contribution is 0.101. The number of piperidine rings is 1. The van der Waals surface area contributed by atoms with Crippen molar-refractivity contribution in [3.05, 3.63) is 47.8 Å². The van der Waals surface area contributed by atoms with E-state index >= 15 is 0 Å². The largest absolute Gasteiger partial charge is 0.347 e. The Morgan fingerprint density at radius 2 is 2.03 bits per heavy atom. The maximum atomic E-state index is 13.1. The predicted molar refractivity (Wildman–Crippen MR) is 123 cm³/mol. The van der Waals surface area contributed by atoms with Gasteiger partial charge < -0.3 is 10.2 Å². The summed E-state index contributed by atoms with van der Waals surface area (Å²) in [4.78, 5) is 21.1. The first-order valence-corrected chi connectivity index (χ1v) is 11.5. The zero-order chi connectivity index (χ0) is 21.4. The summed E-state index contributed by atoms with van der Waals surface area (Å²) in [6.07, 6.45) is 5.27. The van der Waals surface area contributed by atoms with E-state index in [1.54, 1.807) is 32.8 Å². The van der Waals surface area contributed by atoms with E-state index in [4.69, 9.17) is 10.1 Å². The third kappa shape index (κ3) is 3.69. The van der Waals surface area contributed by atoms with Crippen LogP contribution in [0.25, 0.3) is 16.2 Å². The van der Waals surface area contributed by atoms with Crippen LogP contribution in [-0.2, 0) is 6.54 Å². The van der Waals surface area contributed by atoms with Crippen molar-refractivity contribution in [1.82, 2.24) is 24.4 Å². The van der Waals surface area contributed by atoms with Crippen LogP contribution in [0.4, 0.5) is 10.9 Å². The van der Waals surface area contributed by atoms with Crippen molar-refractivity contribution in [1.29, 1.82) is 0 Å². The number of nitrogens with zero attached hydrogens (tertiary/aromatic N) is 6. The van der Waals surface area contributed by atoms with E-state index in [2.05, 4.69) is 21.4 Å². The molecule has 0 unspecified atom stereocenters. The highest BCUT2D eigenvalue weighted by molar-refractivity contribution is 7.20. The van der Waals surface area contributed by atoms with Gasteiger partial charge in [-0.15, -0.1) is 5.10 Å². The number of hydrogen-bond donors (Lipinski definition) is 1. The molecule has 8 nitrogen and oxygen atoms in total. The van der Waals surface area contributed by atoms with Crippen molar-refractivity contribution >= 4 is 33.2 Å². The minimum Gasteiger partial charge on any atom is -0.347 e. The average molecular weight is 436 g/mol. The lowest BCUT2D eigenvalue weighted by Crippen LogP contribution is -2.29. The summed E-state index contributed by atoms with van der Waals surface area (Å²) in [7, 11) is 0. The molecule has 0 radical (unpaired) electrons. The molecule has 160 valence electrons. The molecular weight excluding hydrogens is 410 g/mol. The molecule has 0 saturated carbocycles. The number of anilines is 2. The Hall–Kier alpha value is -3.20. The average Bonchev–Trinajstić information content (AvgIpc) is 3.50. The minimum absolute atomic E-state index is 0.220. The molecule has 31 heavy (non-hydrogen) atoms. The van der Waals surface area contributed by atoms with E-state index in [0.29, 0.717) is 18.1 Å². The zero-order valence-corrected chi connectivity index (χ0v) is 18.5. The van der Waals surface area contributed by atoms with Gasteiger partial charge in [0.05, 0.1) is 0 Å². The van der Waals surface area contributed by atoms with Crippen LogP contribution < -0.4 is 10.2 Å². The van der Waals surface area contributed by atoms with E-state index < -0.39 is 0 Å². The number of nitrogens with one attached hydrogen (secondary N) is 1. The van der Waals surface area contributed by atoms with Crippen LogP contribution in [0.15, 0.2) is 36.5 Å². The van der Waals surface area contributed by atoms with Gasteiger partial charge in [0.1, 0.15) is 11.4 Å². The van der Waals surface area contributed by atoms with Crippen LogP contribution in [0.1, 0.15) is 42.2 Å². The Bertz CT molecular complexity index is 1230. The monoisotopic (exact) mass is 435 g/mol. The van der Waals surface area contributed by atoms with Crippen molar-refractivity contribution in [2.45, 2.75) is 39.7 Å². The summed E-state index contributed by atoms with van der Waals surface area (Å²) in [6, 6.07) is 9.86. The summed E-state index contributed by atoms with van der Waals surface area (Å²) < 4.78 is 3.46. The van der Waals surface area contributed by atoms with Gasteiger partial charge in [-0.1, -0.05) is 35.1 Å². The fourth-order valence-electron chi connectivity index (χ4n) is 4.01. The number of imidazole rings is 1. The molecule has 9 heteroatoms. The van der Waals surface area contributed by atoms with E-state index in [1.165, 1.54) is 19.3 Å². The third-order valence-corrected chi connectivity index (χ3v) is 6.56. The summed E-state index contributed by atoms with van der Waals surface area (Å²) in [5.41, 5.74) is 3.33. The first-order chi connectivity index (χ1) is 15.1. The smallest absolute Gasteiger partial charge is 0.275 e. The van der Waals surface area contributed by atoms with Crippen LogP contribution in [0, 0.1) is 6.92 Å². The molecule has 0 atom stereocenters. The highest BCUT2D eigenvalue weighted by Gasteiger charge is 2.24. The standard InChI is InChI=1S/C22H25N7OS/c1-3-28-17(10-11-23-28)20(30)25-19-18(16-9-7-8-15(2)14-16)24-21-29(19)26-22(31-21)27-12-5-4-6-13-27/h7-11,14H,3-6,12-13H2,1-2H3,(H,25,30). The maximum absolute atomic E-state index is 13.1. The van der Waals surface area contributed by atoms with Gasteiger partial charge in [-0.2, -0.15) is 9.61 Å². The van der Waals surface area contributed by atoms with Gasteiger partial charge in [0.2, 0.25) is 10.1 Å². The topological polar surface area (TPSA) is 80.3 Å². The number of benzene rings is 1. The third-order valence-electron chi connectivity index (χ3n) is 5.59. The quantitative estimate of drug-likeness (QED) is 0.508. The Balaban J connectivity index is 1.58. The van der Waals surface area contributed by atoms with Crippen LogP contribution >= 0.6 is 11.3 Å². The lowest BCUT2D eigenvalue weighted by Gasteiger charge is -2.25. The molecule has 5 rings (SSSR count). The van der Waals surface area contributed by atoms with Gasteiger partial charge in [-0.05, 0) is 45.2 Å². The van der Waals surface area contributed by atoms with Gasteiger partial charge in [0.25, 0.3) is 5.91 Å². The zero-order valence-electron chi connectivity index (χ0n) is 17.7. The van der Waals surface area contributed by atoms with E-state index in [-0.39, 0.29) is 5.91 Å². The van der Waals surface area contributed by atoms with E-state index in [0.717, 1.165) is 40.0 Å². The molecule has 1 aliphatic heterocycles. The van der Waals surface area contributed by atoms with Crippen molar-refractivity contribution in [3.8, 4) is 11.3 Å². The van der Waals surface area contributed by atoms with Gasteiger partial charge in [-0.25, -0.2) is 4.98 Å². The number of hydrogen-bond acceptors (Lipinski definition) is 6. The highest BCUT2D eigenvalue weighted by Crippen LogP contribution is 2.34. The van der Waals surface area contributed by atoms with Crippen molar-refractivity contribution in [2.24, 2.45) is 0 Å². The van der Waals surface area contributed by atoms with Gasteiger partial charge in [-0.3, -0.25) is 9.48 Å². The molecule has 4 heterocycles. The number of carbonyl (C=O) groups is 1. The predicted octanol–water partition coefficient (Wildman–Crippen LogP) is 4.23. The Kier molecular flexibility index (Phi) is 5.19. The Morgan fingerprint density at radius 3 is 2.81 bits per heavy atom. The maximum Gasteiger partial charge on any atom is 0.275 e. The molecule has 4 aromatic rings. The summed E-state index contributed by atoms with van der Waals surface area (Å²) in [5.74, 6) is 0.372. The van der Waals surface area contributed by atoms with Crippen LogP contribution in [0.5, 0.6) is 0 Å². The molecule has 0 aliphatic carbocycles. The number of carbonyl (C=O) groups excluding carboxylic acids is 1. The Morgan fingerprint density at radius 1 is 1.19 bits per heavy atom. The van der Waals surface area contributed by atoms with Crippen molar-refractivity contribution < 1.29 is 4.79 Å². The van der Waals surface area contributed by atoms with Crippen LogP contribution in [-0.4, -0.2) is 43.4 Å². The lowest BCUT2D eigenvalue weighted by atomic mass is 10.1. The Labute approximate surface area is 184 Å². The summed E-state index contributed by atoms with van der Waals surface area (Å²) in [5, 5.41) is 13.1. The summed E-state index contributed by atoms with van der Waals surface area (Å²) in [6.45, 7) is 6.66. The number of rotatable bonds is 5. The molecule has 1 saturated heterocycles. The number of aryl methyl sites for hydroxylation is 2. The van der Waals surface area contributed by atoms with Gasteiger partial charge in [0.15, 0.2) is 5.82 Å². The normalized spacial score (nSPS) is 14.3. The molecule has 1 amide bonds. The second-order valence-electron chi connectivity index (χ2n) is 7.79. The molecule has 1 N–H and O–H groups in total. The molecule has 1 fully saturated rings. The highest BCUT2D eigenvalue weighted by atomic mass is 32.1. The number of fused-ring (bicyclic) bond motifs is 1. The van der Waals surface area contributed by atoms with Crippen molar-refractivity contribution in [2.75, 3.05) is 23.3 Å². The molecule has 0 spiro atoms. The number of aromatic nitrogens is 5.